The predicted octanol–water partition coefficient (Wildman–Crippen LogP) is 4.18. The Hall–Kier alpha value is -3.47. The van der Waals surface area contributed by atoms with Crippen LogP contribution in [0.1, 0.15) is 6.42 Å². The Morgan fingerprint density at radius 2 is 1.53 bits per heavy atom. The zero-order valence-corrected chi connectivity index (χ0v) is 16.9. The van der Waals surface area contributed by atoms with Gasteiger partial charge in [0.05, 0.1) is 13.0 Å². The Labute approximate surface area is 177 Å². The zero-order valence-electron chi connectivity index (χ0n) is 16.9. The summed E-state index contributed by atoms with van der Waals surface area (Å²) in [4.78, 5) is 16.7. The van der Waals surface area contributed by atoms with Crippen LogP contribution in [0.3, 0.4) is 0 Å². The molecule has 0 unspecified atom stereocenters. The summed E-state index contributed by atoms with van der Waals surface area (Å²) in [5.74, 6) is 0.840. The summed E-state index contributed by atoms with van der Waals surface area (Å²) in [5.41, 5.74) is 3.61. The number of phenols is 1. The maximum Gasteiger partial charge on any atom is 0.226 e. The van der Waals surface area contributed by atoms with E-state index < -0.39 is 0 Å². The number of anilines is 1. The Balaban J connectivity index is 1.24. The molecule has 1 aliphatic heterocycles. The number of ether oxygens (including phenoxy) is 1. The van der Waals surface area contributed by atoms with Crippen molar-refractivity contribution in [2.24, 2.45) is 0 Å². The maximum atomic E-state index is 12.5. The SMILES string of the molecule is O=C(CCOc1cccc(O)c1)N1CCN(c2ccc(-c3ccccc3)cc2)CC1. The first-order chi connectivity index (χ1) is 14.7. The predicted molar refractivity (Wildman–Crippen MR) is 119 cm³/mol. The molecule has 0 aliphatic carbocycles. The summed E-state index contributed by atoms with van der Waals surface area (Å²) < 4.78 is 5.57. The molecule has 0 radical (unpaired) electrons. The van der Waals surface area contributed by atoms with Crippen LogP contribution < -0.4 is 9.64 Å². The first-order valence-electron chi connectivity index (χ1n) is 10.3. The van der Waals surface area contributed by atoms with Gasteiger partial charge in [0.25, 0.3) is 0 Å². The van der Waals surface area contributed by atoms with E-state index in [9.17, 15) is 9.90 Å². The third-order valence-corrected chi connectivity index (χ3v) is 5.37. The van der Waals surface area contributed by atoms with Gasteiger partial charge in [0.15, 0.2) is 0 Å². The van der Waals surface area contributed by atoms with E-state index in [4.69, 9.17) is 4.74 Å². The quantitative estimate of drug-likeness (QED) is 0.672. The molecule has 1 saturated heterocycles. The van der Waals surface area contributed by atoms with Crippen LogP contribution in [0.2, 0.25) is 0 Å². The monoisotopic (exact) mass is 402 g/mol. The molecule has 3 aromatic carbocycles. The van der Waals surface area contributed by atoms with Gasteiger partial charge in [-0.15, -0.1) is 0 Å². The Kier molecular flexibility index (Phi) is 6.18. The molecule has 1 aliphatic rings. The molecule has 4 rings (SSSR count). The molecule has 5 nitrogen and oxygen atoms in total. The second-order valence-electron chi connectivity index (χ2n) is 7.38. The molecule has 1 heterocycles. The van der Waals surface area contributed by atoms with E-state index in [2.05, 4.69) is 41.3 Å². The fraction of sp³-hybridized carbons (Fsp3) is 0.240. The molecule has 1 N–H and O–H groups in total. The van der Waals surface area contributed by atoms with E-state index in [0.29, 0.717) is 31.9 Å². The number of hydrogen-bond donors (Lipinski definition) is 1. The molecule has 5 heteroatoms. The van der Waals surface area contributed by atoms with Gasteiger partial charge in [-0.3, -0.25) is 4.79 Å². The fourth-order valence-corrected chi connectivity index (χ4v) is 3.70. The molecule has 1 amide bonds. The summed E-state index contributed by atoms with van der Waals surface area (Å²) >= 11 is 0. The largest absolute Gasteiger partial charge is 0.508 e. The molecule has 1 fully saturated rings. The molecule has 154 valence electrons. The van der Waals surface area contributed by atoms with Gasteiger partial charge in [0.1, 0.15) is 11.5 Å². The molecule has 0 aromatic heterocycles. The lowest BCUT2D eigenvalue weighted by molar-refractivity contribution is -0.132. The van der Waals surface area contributed by atoms with Crippen LogP contribution in [0.4, 0.5) is 5.69 Å². The zero-order chi connectivity index (χ0) is 20.8. The van der Waals surface area contributed by atoms with Crippen molar-refractivity contribution < 1.29 is 14.6 Å². The van der Waals surface area contributed by atoms with E-state index in [1.54, 1.807) is 24.3 Å². The van der Waals surface area contributed by atoms with Gasteiger partial charge in [0, 0.05) is 37.9 Å². The molecule has 0 spiro atoms. The number of hydrogen-bond acceptors (Lipinski definition) is 4. The van der Waals surface area contributed by atoms with Crippen molar-refractivity contribution in [3.63, 3.8) is 0 Å². The number of carbonyl (C=O) groups excluding carboxylic acids is 1. The summed E-state index contributed by atoms with van der Waals surface area (Å²) in [5, 5.41) is 9.46. The van der Waals surface area contributed by atoms with Crippen molar-refractivity contribution in [2.45, 2.75) is 6.42 Å². The number of phenolic OH excluding ortho intramolecular Hbond substituents is 1. The second kappa shape index (κ2) is 9.35. The van der Waals surface area contributed by atoms with Gasteiger partial charge in [-0.1, -0.05) is 48.5 Å². The minimum absolute atomic E-state index is 0.106. The van der Waals surface area contributed by atoms with E-state index in [1.165, 1.54) is 16.8 Å². The van der Waals surface area contributed by atoms with E-state index >= 15 is 0 Å². The highest BCUT2D eigenvalue weighted by Crippen LogP contribution is 2.24. The standard InChI is InChI=1S/C25H26N2O3/c28-23-7-4-8-24(19-23)30-18-13-25(29)27-16-14-26(15-17-27)22-11-9-21(10-12-22)20-5-2-1-3-6-20/h1-12,19,28H,13-18H2. The average Bonchev–Trinajstić information content (AvgIpc) is 2.80. The third kappa shape index (κ3) is 4.92. The van der Waals surface area contributed by atoms with Gasteiger partial charge in [0.2, 0.25) is 5.91 Å². The topological polar surface area (TPSA) is 53.0 Å². The van der Waals surface area contributed by atoms with Gasteiger partial charge < -0.3 is 19.6 Å². The number of amides is 1. The highest BCUT2D eigenvalue weighted by Gasteiger charge is 2.21. The van der Waals surface area contributed by atoms with Crippen molar-refractivity contribution >= 4 is 11.6 Å². The summed E-state index contributed by atoms with van der Waals surface area (Å²) in [6.07, 6.45) is 0.335. The highest BCUT2D eigenvalue weighted by atomic mass is 16.5. The molecule has 0 atom stereocenters. The minimum atomic E-state index is 0.106. The Bertz CT molecular complexity index is 965. The lowest BCUT2D eigenvalue weighted by Gasteiger charge is -2.36. The van der Waals surface area contributed by atoms with Gasteiger partial charge in [-0.2, -0.15) is 0 Å². The molecular weight excluding hydrogens is 376 g/mol. The molecule has 0 bridgehead atoms. The highest BCUT2D eigenvalue weighted by molar-refractivity contribution is 5.76. The lowest BCUT2D eigenvalue weighted by Crippen LogP contribution is -2.49. The van der Waals surface area contributed by atoms with Crippen molar-refractivity contribution in [2.75, 3.05) is 37.7 Å². The normalized spacial score (nSPS) is 13.9. The first kappa shape index (κ1) is 19.8. The summed E-state index contributed by atoms with van der Waals surface area (Å²) in [6, 6.07) is 25.6. The number of benzene rings is 3. The van der Waals surface area contributed by atoms with Crippen molar-refractivity contribution in [3.8, 4) is 22.6 Å². The van der Waals surface area contributed by atoms with Crippen LogP contribution in [0, 0.1) is 0 Å². The Morgan fingerprint density at radius 3 is 2.23 bits per heavy atom. The van der Waals surface area contributed by atoms with E-state index in [0.717, 1.165) is 13.1 Å². The second-order valence-corrected chi connectivity index (χ2v) is 7.38. The van der Waals surface area contributed by atoms with Gasteiger partial charge >= 0.3 is 0 Å². The smallest absolute Gasteiger partial charge is 0.226 e. The summed E-state index contributed by atoms with van der Waals surface area (Å²) in [6.45, 7) is 3.38. The van der Waals surface area contributed by atoms with Crippen molar-refractivity contribution in [1.82, 2.24) is 4.90 Å². The van der Waals surface area contributed by atoms with Crippen LogP contribution in [-0.2, 0) is 4.79 Å². The first-order valence-corrected chi connectivity index (χ1v) is 10.3. The lowest BCUT2D eigenvalue weighted by atomic mass is 10.1. The van der Waals surface area contributed by atoms with Crippen LogP contribution in [0.25, 0.3) is 11.1 Å². The third-order valence-electron chi connectivity index (χ3n) is 5.37. The van der Waals surface area contributed by atoms with Crippen LogP contribution in [-0.4, -0.2) is 48.7 Å². The van der Waals surface area contributed by atoms with Crippen molar-refractivity contribution in [3.05, 3.63) is 78.9 Å². The van der Waals surface area contributed by atoms with Gasteiger partial charge in [-0.05, 0) is 35.4 Å². The summed E-state index contributed by atoms with van der Waals surface area (Å²) in [7, 11) is 0. The Morgan fingerprint density at radius 1 is 0.833 bits per heavy atom. The number of rotatable bonds is 6. The molecule has 0 saturated carbocycles. The molecular formula is C25H26N2O3. The number of piperazine rings is 1. The number of carbonyl (C=O) groups is 1. The average molecular weight is 402 g/mol. The number of aromatic hydroxyl groups is 1. The van der Waals surface area contributed by atoms with Crippen LogP contribution in [0.5, 0.6) is 11.5 Å². The molecule has 30 heavy (non-hydrogen) atoms. The number of nitrogens with zero attached hydrogens (tertiary/aromatic N) is 2. The minimum Gasteiger partial charge on any atom is -0.508 e. The van der Waals surface area contributed by atoms with Gasteiger partial charge in [-0.25, -0.2) is 0 Å². The fourth-order valence-electron chi connectivity index (χ4n) is 3.70. The van der Waals surface area contributed by atoms with E-state index in [1.807, 2.05) is 23.1 Å². The van der Waals surface area contributed by atoms with Crippen molar-refractivity contribution in [1.29, 1.82) is 0 Å². The molecule has 3 aromatic rings. The van der Waals surface area contributed by atoms with Crippen LogP contribution in [0.15, 0.2) is 78.9 Å². The maximum absolute atomic E-state index is 12.5. The van der Waals surface area contributed by atoms with Crippen LogP contribution >= 0.6 is 0 Å². The van der Waals surface area contributed by atoms with E-state index in [-0.39, 0.29) is 11.7 Å².